The Morgan fingerprint density at radius 3 is 1.67 bits per heavy atom. The van der Waals surface area contributed by atoms with Gasteiger partial charge in [0.25, 0.3) is 0 Å². The number of benzene rings is 4. The number of aliphatic carboxylic acids is 1. The van der Waals surface area contributed by atoms with Crippen molar-refractivity contribution < 1.29 is 14.3 Å². The third-order valence-electron chi connectivity index (χ3n) is 7.60. The summed E-state index contributed by atoms with van der Waals surface area (Å²) < 4.78 is 6.16. The molecule has 4 aromatic carbocycles. The van der Waals surface area contributed by atoms with Gasteiger partial charge in [-0.25, -0.2) is 4.79 Å². The first kappa shape index (κ1) is 29.4. The molecular weight excluding hydrogens is 532 g/mol. The zero-order valence-electron chi connectivity index (χ0n) is 25.5. The van der Waals surface area contributed by atoms with E-state index in [2.05, 4.69) is 107 Å². The summed E-state index contributed by atoms with van der Waals surface area (Å²) in [5.41, 5.74) is 7.68. The Kier molecular flexibility index (Phi) is 7.73. The van der Waals surface area contributed by atoms with E-state index in [-0.39, 0.29) is 16.4 Å². The van der Waals surface area contributed by atoms with E-state index in [1.54, 1.807) is 18.2 Å². The van der Waals surface area contributed by atoms with Gasteiger partial charge in [0, 0.05) is 28.0 Å². The summed E-state index contributed by atoms with van der Waals surface area (Å²) >= 11 is 0. The number of carboxylic acid groups (broad SMARTS) is 1. The molecule has 216 valence electrons. The number of hydrogen-bond donors (Lipinski definition) is 1. The molecule has 0 fully saturated rings. The summed E-state index contributed by atoms with van der Waals surface area (Å²) in [6, 6.07) is 34.9. The zero-order chi connectivity index (χ0) is 30.9. The van der Waals surface area contributed by atoms with E-state index in [1.807, 2.05) is 24.3 Å². The third-order valence-corrected chi connectivity index (χ3v) is 7.60. The first-order chi connectivity index (χ1) is 20.3. The molecule has 0 radical (unpaired) electrons. The molecule has 0 aliphatic rings. The van der Waals surface area contributed by atoms with Crippen molar-refractivity contribution in [2.75, 3.05) is 4.90 Å². The number of rotatable bonds is 6. The lowest BCUT2D eigenvalue weighted by Crippen LogP contribution is -2.14. The molecule has 0 saturated carbocycles. The molecule has 0 bridgehead atoms. The van der Waals surface area contributed by atoms with Crippen molar-refractivity contribution >= 4 is 40.1 Å². The lowest BCUT2D eigenvalue weighted by atomic mass is 9.86. The summed E-state index contributed by atoms with van der Waals surface area (Å²) in [5, 5.41) is 19.2. The second-order valence-electron chi connectivity index (χ2n) is 12.9. The molecule has 5 nitrogen and oxygen atoms in total. The third kappa shape index (κ3) is 6.39. The monoisotopic (exact) mass is 568 g/mol. The van der Waals surface area contributed by atoms with Crippen LogP contribution in [0.3, 0.4) is 0 Å². The van der Waals surface area contributed by atoms with Gasteiger partial charge in [-0.05, 0) is 94.3 Å². The predicted octanol–water partition coefficient (Wildman–Crippen LogP) is 10.2. The van der Waals surface area contributed by atoms with Crippen LogP contribution in [0, 0.1) is 11.3 Å². The fraction of sp³-hybridized carbons (Fsp3) is 0.211. The van der Waals surface area contributed by atoms with Crippen molar-refractivity contribution in [1.29, 1.82) is 5.26 Å². The van der Waals surface area contributed by atoms with Crippen LogP contribution in [0.15, 0.2) is 107 Å². The number of fused-ring (bicyclic) bond motifs is 1. The van der Waals surface area contributed by atoms with Crippen LogP contribution in [-0.2, 0) is 15.6 Å². The number of nitrogens with zero attached hydrogens (tertiary/aromatic N) is 2. The Labute approximate surface area is 253 Å². The molecule has 0 amide bonds. The number of carboxylic acids is 1. The van der Waals surface area contributed by atoms with Gasteiger partial charge in [-0.2, -0.15) is 5.26 Å². The van der Waals surface area contributed by atoms with Gasteiger partial charge in [-0.15, -0.1) is 0 Å². The van der Waals surface area contributed by atoms with Gasteiger partial charge in [-0.1, -0.05) is 77.9 Å². The highest BCUT2D eigenvalue weighted by molar-refractivity contribution is 5.97. The van der Waals surface area contributed by atoms with Gasteiger partial charge in [0.1, 0.15) is 23.0 Å². The topological polar surface area (TPSA) is 77.5 Å². The molecule has 5 heteroatoms. The maximum absolute atomic E-state index is 11.2. The van der Waals surface area contributed by atoms with E-state index in [0.717, 1.165) is 28.0 Å². The van der Waals surface area contributed by atoms with E-state index in [1.165, 1.54) is 17.2 Å². The molecule has 0 unspecified atom stereocenters. The van der Waals surface area contributed by atoms with Gasteiger partial charge < -0.3 is 14.4 Å². The largest absolute Gasteiger partial charge is 0.477 e. The molecule has 0 atom stereocenters. The zero-order valence-corrected chi connectivity index (χ0v) is 25.5. The molecule has 0 saturated heterocycles. The van der Waals surface area contributed by atoms with Crippen LogP contribution >= 0.6 is 0 Å². The minimum absolute atomic E-state index is 0.0667. The van der Waals surface area contributed by atoms with Crippen LogP contribution in [0.25, 0.3) is 28.4 Å². The normalized spacial score (nSPS) is 12.3. The second kappa shape index (κ2) is 11.3. The van der Waals surface area contributed by atoms with Crippen LogP contribution in [0.1, 0.15) is 58.2 Å². The molecule has 0 aliphatic carbocycles. The number of hydrogen-bond acceptors (Lipinski definition) is 4. The summed E-state index contributed by atoms with van der Waals surface area (Å²) in [6.45, 7) is 13.3. The average molecular weight is 569 g/mol. The fourth-order valence-corrected chi connectivity index (χ4v) is 5.03. The maximum Gasteiger partial charge on any atom is 0.346 e. The van der Waals surface area contributed by atoms with E-state index in [9.17, 15) is 9.90 Å². The Bertz CT molecular complexity index is 1780. The summed E-state index contributed by atoms with van der Waals surface area (Å²) in [7, 11) is 0. The number of carbonyl (C=O) groups is 1. The van der Waals surface area contributed by atoms with E-state index in [0.29, 0.717) is 16.9 Å². The Morgan fingerprint density at radius 1 is 0.744 bits per heavy atom. The fourth-order valence-electron chi connectivity index (χ4n) is 5.03. The SMILES string of the molecule is CC(C)(C)c1ccc(N(c2ccc(-c3cc4ccc(/C=C(\C#N)C(=O)O)cc4o3)cc2)c2ccc(C(C)(C)C)cc2)cc1. The number of nitriles is 1. The minimum Gasteiger partial charge on any atom is -0.477 e. The highest BCUT2D eigenvalue weighted by Crippen LogP contribution is 2.38. The van der Waals surface area contributed by atoms with Crippen molar-refractivity contribution in [1.82, 2.24) is 0 Å². The van der Waals surface area contributed by atoms with E-state index in [4.69, 9.17) is 9.68 Å². The maximum atomic E-state index is 11.2. The quantitative estimate of drug-likeness (QED) is 0.163. The van der Waals surface area contributed by atoms with Crippen molar-refractivity contribution in [3.05, 3.63) is 119 Å². The van der Waals surface area contributed by atoms with Gasteiger partial charge in [0.2, 0.25) is 0 Å². The van der Waals surface area contributed by atoms with E-state index < -0.39 is 5.97 Å². The minimum atomic E-state index is -1.26. The molecule has 1 aromatic heterocycles. The molecule has 1 N–H and O–H groups in total. The lowest BCUT2D eigenvalue weighted by molar-refractivity contribution is -0.132. The van der Waals surface area contributed by atoms with Crippen LogP contribution in [0.4, 0.5) is 17.1 Å². The van der Waals surface area contributed by atoms with Gasteiger partial charge in [0.15, 0.2) is 0 Å². The lowest BCUT2D eigenvalue weighted by Gasteiger charge is -2.28. The highest BCUT2D eigenvalue weighted by Gasteiger charge is 2.19. The molecule has 43 heavy (non-hydrogen) atoms. The second-order valence-corrected chi connectivity index (χ2v) is 12.9. The summed E-state index contributed by atoms with van der Waals surface area (Å²) in [5.74, 6) is -0.552. The first-order valence-corrected chi connectivity index (χ1v) is 14.3. The van der Waals surface area contributed by atoms with Crippen molar-refractivity contribution in [3.63, 3.8) is 0 Å². The molecule has 1 heterocycles. The van der Waals surface area contributed by atoms with Crippen molar-refractivity contribution in [2.45, 2.75) is 52.4 Å². The van der Waals surface area contributed by atoms with Crippen LogP contribution in [0.5, 0.6) is 0 Å². The number of anilines is 3. The Balaban J connectivity index is 1.51. The number of furan rings is 1. The molecule has 0 aliphatic heterocycles. The highest BCUT2D eigenvalue weighted by atomic mass is 16.4. The van der Waals surface area contributed by atoms with Gasteiger partial charge in [-0.3, -0.25) is 0 Å². The molecule has 5 aromatic rings. The van der Waals surface area contributed by atoms with Gasteiger partial charge in [0.05, 0.1) is 0 Å². The van der Waals surface area contributed by atoms with Crippen LogP contribution in [-0.4, -0.2) is 11.1 Å². The molecule has 0 spiro atoms. The van der Waals surface area contributed by atoms with Crippen molar-refractivity contribution in [2.24, 2.45) is 0 Å². The molecular formula is C38H36N2O3. The Morgan fingerprint density at radius 2 is 1.23 bits per heavy atom. The van der Waals surface area contributed by atoms with E-state index >= 15 is 0 Å². The smallest absolute Gasteiger partial charge is 0.346 e. The summed E-state index contributed by atoms with van der Waals surface area (Å²) in [6.07, 6.45) is 1.34. The van der Waals surface area contributed by atoms with Gasteiger partial charge >= 0.3 is 5.97 Å². The van der Waals surface area contributed by atoms with Crippen molar-refractivity contribution in [3.8, 4) is 17.4 Å². The molecule has 5 rings (SSSR count). The standard InChI is InChI=1S/C38H36N2O3/c1-37(2,3)29-11-17-32(18-12-29)40(33-19-13-30(14-20-33)38(4,5)6)31-15-9-26(10-16-31)35-23-27-8-7-25(22-34(27)43-35)21-28(24-39)36(41)42/h7-23H,1-6H3,(H,41,42)/b28-21+. The first-order valence-electron chi connectivity index (χ1n) is 14.3. The van der Waals surface area contributed by atoms with Crippen LogP contribution < -0.4 is 4.90 Å². The average Bonchev–Trinajstić information content (AvgIpc) is 3.39. The summed E-state index contributed by atoms with van der Waals surface area (Å²) in [4.78, 5) is 13.5. The Hall–Kier alpha value is -5.08. The van der Waals surface area contributed by atoms with Crippen LogP contribution in [0.2, 0.25) is 0 Å². The predicted molar refractivity (Wildman–Crippen MR) is 175 cm³/mol.